The van der Waals surface area contributed by atoms with Crippen LogP contribution in [0, 0.1) is 82.9 Å². The van der Waals surface area contributed by atoms with Gasteiger partial charge < -0.3 is 0 Å². The Balaban J connectivity index is 1.15. The van der Waals surface area contributed by atoms with E-state index in [1.807, 2.05) is 0 Å². The van der Waals surface area contributed by atoms with Crippen LogP contribution in [0.2, 0.25) is 0 Å². The normalized spacial score (nSPS) is 47.1. The van der Waals surface area contributed by atoms with Crippen LogP contribution in [0.15, 0.2) is 0 Å². The fourth-order valence-corrected chi connectivity index (χ4v) is 14.8. The lowest BCUT2D eigenvalue weighted by molar-refractivity contribution is -0.0268. The highest BCUT2D eigenvalue weighted by Crippen LogP contribution is 2.60. The van der Waals surface area contributed by atoms with Crippen molar-refractivity contribution in [3.8, 4) is 0 Å². The van der Waals surface area contributed by atoms with E-state index in [4.69, 9.17) is 0 Å². The lowest BCUT2D eigenvalue weighted by Gasteiger charge is -2.51. The molecule has 0 aromatic carbocycles. The lowest BCUT2D eigenvalue weighted by Crippen LogP contribution is -2.44. The third-order valence-corrected chi connectivity index (χ3v) is 16.5. The molecule has 2 bridgehead atoms. The molecule has 0 spiro atoms. The summed E-state index contributed by atoms with van der Waals surface area (Å²) >= 11 is 0. The van der Waals surface area contributed by atoms with E-state index in [0.29, 0.717) is 0 Å². The molecule has 0 saturated heterocycles. The van der Waals surface area contributed by atoms with Crippen molar-refractivity contribution in [3.05, 3.63) is 0 Å². The maximum Gasteiger partial charge on any atom is -0.0326 e. The van der Waals surface area contributed by atoms with Crippen molar-refractivity contribution in [2.24, 2.45) is 82.9 Å². The molecule has 13 unspecified atom stereocenters. The minimum absolute atomic E-state index is 1.00. The van der Waals surface area contributed by atoms with E-state index < -0.39 is 0 Å². The highest BCUT2D eigenvalue weighted by atomic mass is 14.6. The highest BCUT2D eigenvalue weighted by Gasteiger charge is 2.52. The number of hydrogen-bond acceptors (Lipinski definition) is 0. The van der Waals surface area contributed by atoms with Crippen molar-refractivity contribution < 1.29 is 0 Å². The van der Waals surface area contributed by atoms with E-state index >= 15 is 0 Å². The molecule has 0 heterocycles. The zero-order chi connectivity index (χ0) is 28.5. The average molecular weight is 577 g/mol. The first-order valence-corrected chi connectivity index (χ1v) is 20.7. The molecule has 42 heavy (non-hydrogen) atoms. The van der Waals surface area contributed by atoms with Gasteiger partial charge in [0, 0.05) is 0 Å². The molecule has 0 heteroatoms. The van der Waals surface area contributed by atoms with Crippen molar-refractivity contribution in [2.75, 3.05) is 0 Å². The average Bonchev–Trinajstić information content (AvgIpc) is 3.82. The Kier molecular flexibility index (Phi) is 10.4. The molecular formula is C42H72. The summed E-state index contributed by atoms with van der Waals surface area (Å²) in [5.74, 6) is 15.1. The van der Waals surface area contributed by atoms with Crippen molar-refractivity contribution >= 4 is 0 Å². The molecule has 7 saturated carbocycles. The fraction of sp³-hybridized carbons (Fsp3) is 1.00. The smallest absolute Gasteiger partial charge is 0.0326 e. The zero-order valence-electron chi connectivity index (χ0n) is 28.5. The van der Waals surface area contributed by atoms with Gasteiger partial charge in [0.2, 0.25) is 0 Å². The lowest BCUT2D eigenvalue weighted by atomic mass is 9.54. The van der Waals surface area contributed by atoms with Gasteiger partial charge in [0.15, 0.2) is 0 Å². The first kappa shape index (κ1) is 30.6. The van der Waals surface area contributed by atoms with Gasteiger partial charge in [0.1, 0.15) is 0 Å². The minimum Gasteiger partial charge on any atom is -0.0622 e. The molecule has 0 aliphatic heterocycles. The first-order chi connectivity index (χ1) is 20.7. The van der Waals surface area contributed by atoms with Gasteiger partial charge >= 0.3 is 0 Å². The van der Waals surface area contributed by atoms with Crippen molar-refractivity contribution in [1.82, 2.24) is 0 Å². The van der Waals surface area contributed by atoms with Crippen LogP contribution in [0.4, 0.5) is 0 Å². The maximum atomic E-state index is 2.84. The summed E-state index contributed by atoms with van der Waals surface area (Å²) in [6.45, 7) is 5.49. The number of hydrogen-bond donors (Lipinski definition) is 0. The zero-order valence-corrected chi connectivity index (χ0v) is 28.5. The summed E-state index contributed by atoms with van der Waals surface area (Å²) in [5.41, 5.74) is 0. The van der Waals surface area contributed by atoms with Crippen LogP contribution < -0.4 is 0 Å². The second-order valence-electron chi connectivity index (χ2n) is 18.3. The predicted octanol–water partition coefficient (Wildman–Crippen LogP) is 12.9. The van der Waals surface area contributed by atoms with Crippen LogP contribution in [0.5, 0.6) is 0 Å². The monoisotopic (exact) mass is 577 g/mol. The van der Waals surface area contributed by atoms with Crippen molar-refractivity contribution in [3.63, 3.8) is 0 Å². The Bertz CT molecular complexity index is 822. The summed E-state index contributed by atoms with van der Waals surface area (Å²) in [6.07, 6.45) is 41.1. The van der Waals surface area contributed by atoms with Crippen LogP contribution in [0.25, 0.3) is 0 Å². The van der Waals surface area contributed by atoms with E-state index in [0.717, 1.165) is 82.9 Å². The Morgan fingerprint density at radius 1 is 0.405 bits per heavy atom. The third kappa shape index (κ3) is 6.33. The first-order valence-electron chi connectivity index (χ1n) is 20.7. The third-order valence-electron chi connectivity index (χ3n) is 16.5. The molecule has 0 aromatic heterocycles. The van der Waals surface area contributed by atoms with E-state index in [1.165, 1.54) is 19.3 Å². The Hall–Kier alpha value is 0. The molecule has 7 aliphatic rings. The van der Waals surface area contributed by atoms with Gasteiger partial charge in [0.05, 0.1) is 0 Å². The van der Waals surface area contributed by atoms with E-state index in [9.17, 15) is 0 Å². The SMILES string of the molecule is CC1CCCC1C(C1CCCC1)C(C)C1CCC(C2CC3CCCCCCC2C2CCCC2CCCC3)C2CCCC12. The van der Waals surface area contributed by atoms with Gasteiger partial charge in [-0.3, -0.25) is 0 Å². The topological polar surface area (TPSA) is 0 Å². The van der Waals surface area contributed by atoms with Crippen LogP contribution in [0.3, 0.4) is 0 Å². The van der Waals surface area contributed by atoms with Crippen LogP contribution in [0.1, 0.15) is 181 Å². The Labute approximate surface area is 263 Å². The molecule has 0 radical (unpaired) electrons. The molecule has 0 amide bonds. The summed E-state index contributed by atoms with van der Waals surface area (Å²) in [7, 11) is 0. The van der Waals surface area contributed by atoms with Gasteiger partial charge in [-0.15, -0.1) is 0 Å². The van der Waals surface area contributed by atoms with Crippen LogP contribution in [-0.2, 0) is 0 Å². The van der Waals surface area contributed by atoms with Crippen LogP contribution >= 0.6 is 0 Å². The van der Waals surface area contributed by atoms with E-state index in [-0.39, 0.29) is 0 Å². The second kappa shape index (κ2) is 14.2. The quantitative estimate of drug-likeness (QED) is 0.305. The number of fused-ring (bicyclic) bond motifs is 6. The molecule has 240 valence electrons. The fourth-order valence-electron chi connectivity index (χ4n) is 14.8. The Morgan fingerprint density at radius 3 is 1.79 bits per heavy atom. The van der Waals surface area contributed by atoms with E-state index in [1.54, 1.807) is 148 Å². The summed E-state index contributed by atoms with van der Waals surface area (Å²) in [5, 5.41) is 0. The summed E-state index contributed by atoms with van der Waals surface area (Å²) in [4.78, 5) is 0. The molecule has 0 nitrogen and oxygen atoms in total. The van der Waals surface area contributed by atoms with Crippen LogP contribution in [-0.4, -0.2) is 0 Å². The maximum absolute atomic E-state index is 2.84. The van der Waals surface area contributed by atoms with Gasteiger partial charge in [-0.05, 0) is 134 Å². The van der Waals surface area contributed by atoms with Gasteiger partial charge in [0.25, 0.3) is 0 Å². The predicted molar refractivity (Wildman–Crippen MR) is 180 cm³/mol. The number of rotatable bonds is 5. The molecule has 0 N–H and O–H groups in total. The summed E-state index contributed by atoms with van der Waals surface area (Å²) < 4.78 is 0. The van der Waals surface area contributed by atoms with E-state index in [2.05, 4.69) is 13.8 Å². The minimum atomic E-state index is 1.00. The van der Waals surface area contributed by atoms with Crippen molar-refractivity contribution in [1.29, 1.82) is 0 Å². The molecule has 0 aromatic rings. The molecule has 13 atom stereocenters. The standard InChI is InChI=1S/C42H72/c1-29-14-11-22-34(29)42(33-18-9-10-19-33)30(2)35-26-27-40(39-25-13-24-37(35)39)41-28-31-15-5-3-4-6-21-38(41)36-23-12-20-32(36)17-8-7-16-31/h29-42H,3-28H2,1-2H3. The molecule has 7 aliphatic carbocycles. The summed E-state index contributed by atoms with van der Waals surface area (Å²) in [6, 6.07) is 0. The highest BCUT2D eigenvalue weighted by molar-refractivity contribution is 5.01. The molecule has 7 fully saturated rings. The van der Waals surface area contributed by atoms with Crippen molar-refractivity contribution in [2.45, 2.75) is 181 Å². The largest absolute Gasteiger partial charge is 0.0622 e. The second-order valence-corrected chi connectivity index (χ2v) is 18.3. The molecular weight excluding hydrogens is 504 g/mol. The van der Waals surface area contributed by atoms with Gasteiger partial charge in [-0.1, -0.05) is 129 Å². The Morgan fingerprint density at radius 2 is 0.976 bits per heavy atom. The molecule has 7 rings (SSSR count). The van der Waals surface area contributed by atoms with Gasteiger partial charge in [-0.2, -0.15) is 0 Å². The van der Waals surface area contributed by atoms with Gasteiger partial charge in [-0.25, -0.2) is 0 Å².